The lowest BCUT2D eigenvalue weighted by molar-refractivity contribution is -0.00000631. The minimum absolute atomic E-state index is 0. The van der Waals surface area contributed by atoms with Crippen molar-refractivity contribution in [3.63, 3.8) is 0 Å². The van der Waals surface area contributed by atoms with E-state index in [0.717, 1.165) is 22.6 Å². The molecule has 0 amide bonds. The van der Waals surface area contributed by atoms with Gasteiger partial charge in [0.25, 0.3) is 0 Å². The highest BCUT2D eigenvalue weighted by Crippen LogP contribution is 2.64. The number of rotatable bonds is 4. The third-order valence-corrected chi connectivity index (χ3v) is 8.93. The minimum Gasteiger partial charge on any atom is -1.00 e. The van der Waals surface area contributed by atoms with Gasteiger partial charge in [0.15, 0.2) is 11.5 Å². The van der Waals surface area contributed by atoms with Gasteiger partial charge in [0.2, 0.25) is 0 Å². The number of ether oxygens (including phenoxy) is 1. The molecule has 4 aromatic rings. The molecule has 4 aromatic carbocycles. The Bertz CT molecular complexity index is 1090. The summed E-state index contributed by atoms with van der Waals surface area (Å²) in [6.07, 6.45) is 0. The molecule has 31 heavy (non-hydrogen) atoms. The average molecular weight is 485 g/mol. The van der Waals surface area contributed by atoms with E-state index >= 15 is 0 Å². The van der Waals surface area contributed by atoms with E-state index < -0.39 is 7.26 Å². The van der Waals surface area contributed by atoms with Crippen molar-refractivity contribution in [1.82, 2.24) is 0 Å². The topological polar surface area (TPSA) is 9.23 Å². The van der Waals surface area contributed by atoms with Gasteiger partial charge in [-0.05, 0) is 24.3 Å². The van der Waals surface area contributed by atoms with Gasteiger partial charge in [0.05, 0.1) is 0 Å². The molecule has 0 spiro atoms. The smallest absolute Gasteiger partial charge is 0.170 e. The van der Waals surface area contributed by atoms with Crippen molar-refractivity contribution in [2.45, 2.75) is 0 Å². The quantitative estimate of drug-likeness (QED) is 0.401. The summed E-state index contributed by atoms with van der Waals surface area (Å²) in [6.45, 7) is 0. The van der Waals surface area contributed by atoms with Crippen LogP contribution in [0.15, 0.2) is 133 Å². The van der Waals surface area contributed by atoms with E-state index in [0.29, 0.717) is 0 Å². The van der Waals surface area contributed by atoms with E-state index in [1.54, 1.807) is 0 Å². The Morgan fingerprint density at radius 1 is 0.419 bits per heavy atom. The molecule has 0 saturated heterocycles. The Morgan fingerprint density at radius 3 is 1.10 bits per heavy atom. The Labute approximate surface area is 194 Å². The second kappa shape index (κ2) is 9.47. The molecule has 1 heterocycles. The molecule has 1 nitrogen and oxygen atoms in total. The average Bonchev–Trinajstić information content (AvgIpc) is 2.86. The van der Waals surface area contributed by atoms with Crippen LogP contribution in [-0.4, -0.2) is 0 Å². The van der Waals surface area contributed by atoms with Crippen molar-refractivity contribution in [3.05, 3.63) is 144 Å². The highest BCUT2D eigenvalue weighted by Gasteiger charge is 2.44. The largest absolute Gasteiger partial charge is 1.00 e. The van der Waals surface area contributed by atoms with Gasteiger partial charge in [-0.3, -0.25) is 0 Å². The molecule has 1 aliphatic rings. The maximum atomic E-state index is 6.51. The number of hydrogen-bond acceptors (Lipinski definition) is 1. The summed E-state index contributed by atoms with van der Waals surface area (Å²) >= 11 is 0. The lowest BCUT2D eigenvalue weighted by Crippen LogP contribution is -3.00. The second-order valence-electron chi connectivity index (χ2n) is 7.27. The molecule has 0 fully saturated rings. The Kier molecular flexibility index (Phi) is 6.51. The van der Waals surface area contributed by atoms with E-state index in [4.69, 9.17) is 4.74 Å². The molecule has 0 aliphatic carbocycles. The van der Waals surface area contributed by atoms with Gasteiger partial charge in [-0.25, -0.2) is 0 Å². The molecule has 0 N–H and O–H groups in total. The monoisotopic (exact) mass is 484 g/mol. The van der Waals surface area contributed by atoms with Crippen molar-refractivity contribution in [2.24, 2.45) is 0 Å². The number of halogens is 1. The van der Waals surface area contributed by atoms with Crippen LogP contribution in [0.2, 0.25) is 0 Å². The first kappa shape index (κ1) is 21.3. The maximum Gasteiger partial charge on any atom is 0.170 e. The zero-order valence-electron chi connectivity index (χ0n) is 16.9. The van der Waals surface area contributed by atoms with Crippen LogP contribution in [0.25, 0.3) is 11.5 Å². The summed E-state index contributed by atoms with van der Waals surface area (Å²) in [4.78, 5) is 0. The van der Waals surface area contributed by atoms with Crippen molar-refractivity contribution >= 4 is 29.4 Å². The first-order valence-electron chi connectivity index (χ1n) is 10.1. The molecular formula is C28H22BrOP. The first-order valence-corrected chi connectivity index (χ1v) is 12.0. The molecule has 0 radical (unpaired) electrons. The molecule has 1 aliphatic heterocycles. The standard InChI is InChI=1S/C28H22OP.BrH/c1-5-13-23(14-6-1)27-21-30(25-17-9-3-10-18-25,26-19-11-4-12-20-26)22-28(29-27)24-15-7-2-8-16-24;/h1-22H;1H/q+1;/p-1. The maximum absolute atomic E-state index is 6.51. The Balaban J connectivity index is 0.00000231. The van der Waals surface area contributed by atoms with Gasteiger partial charge in [-0.1, -0.05) is 97.1 Å². The molecule has 3 heteroatoms. The van der Waals surface area contributed by atoms with Gasteiger partial charge in [0, 0.05) is 11.1 Å². The lowest BCUT2D eigenvalue weighted by atomic mass is 10.2. The Morgan fingerprint density at radius 2 is 0.742 bits per heavy atom. The molecule has 0 bridgehead atoms. The van der Waals surface area contributed by atoms with Gasteiger partial charge >= 0.3 is 0 Å². The fraction of sp³-hybridized carbons (Fsp3) is 0. The molecule has 152 valence electrons. The molecule has 0 unspecified atom stereocenters. The molecule has 0 aromatic heterocycles. The lowest BCUT2D eigenvalue weighted by Gasteiger charge is -2.27. The molecule has 0 saturated carbocycles. The van der Waals surface area contributed by atoms with Crippen molar-refractivity contribution in [3.8, 4) is 0 Å². The summed E-state index contributed by atoms with van der Waals surface area (Å²) < 4.78 is 6.51. The number of benzene rings is 4. The fourth-order valence-electron chi connectivity index (χ4n) is 3.85. The van der Waals surface area contributed by atoms with Crippen molar-refractivity contribution in [2.75, 3.05) is 0 Å². The zero-order valence-corrected chi connectivity index (χ0v) is 19.4. The normalized spacial score (nSPS) is 14.5. The zero-order chi connectivity index (χ0) is 20.2. The highest BCUT2D eigenvalue weighted by atomic mass is 79.9. The van der Waals surface area contributed by atoms with E-state index in [2.05, 4.69) is 121 Å². The van der Waals surface area contributed by atoms with Crippen molar-refractivity contribution < 1.29 is 21.7 Å². The third kappa shape index (κ3) is 4.28. The molecular weight excluding hydrogens is 463 g/mol. The summed E-state index contributed by atoms with van der Waals surface area (Å²) in [6, 6.07) is 42.4. The summed E-state index contributed by atoms with van der Waals surface area (Å²) in [5, 5.41) is 2.64. The van der Waals surface area contributed by atoms with Crippen LogP contribution in [-0.2, 0) is 4.74 Å². The number of hydrogen-bond donors (Lipinski definition) is 0. The van der Waals surface area contributed by atoms with Gasteiger partial charge in [-0.15, -0.1) is 0 Å². The highest BCUT2D eigenvalue weighted by molar-refractivity contribution is 7.95. The van der Waals surface area contributed by atoms with Gasteiger partial charge in [-0.2, -0.15) is 0 Å². The van der Waals surface area contributed by atoms with Crippen LogP contribution in [0.1, 0.15) is 11.1 Å². The van der Waals surface area contributed by atoms with Gasteiger partial charge < -0.3 is 21.7 Å². The predicted molar refractivity (Wildman–Crippen MR) is 129 cm³/mol. The summed E-state index contributed by atoms with van der Waals surface area (Å²) in [5.41, 5.74) is 2.19. The van der Waals surface area contributed by atoms with Gasteiger partial charge in [0.1, 0.15) is 29.5 Å². The van der Waals surface area contributed by atoms with Crippen LogP contribution in [0, 0.1) is 0 Å². The van der Waals surface area contributed by atoms with Crippen LogP contribution in [0.4, 0.5) is 0 Å². The van der Waals surface area contributed by atoms with Crippen molar-refractivity contribution in [1.29, 1.82) is 0 Å². The van der Waals surface area contributed by atoms with Crippen LogP contribution in [0.5, 0.6) is 0 Å². The van der Waals surface area contributed by atoms with E-state index in [-0.39, 0.29) is 17.0 Å². The predicted octanol–water partition coefficient (Wildman–Crippen LogP) is 3.69. The summed E-state index contributed by atoms with van der Waals surface area (Å²) in [7, 11) is -1.99. The Hall–Kier alpha value is -2.93. The molecule has 0 atom stereocenters. The fourth-order valence-corrected chi connectivity index (χ4v) is 7.29. The van der Waals surface area contributed by atoms with E-state index in [1.165, 1.54) is 10.6 Å². The minimum atomic E-state index is -1.99. The van der Waals surface area contributed by atoms with Crippen LogP contribution < -0.4 is 27.6 Å². The van der Waals surface area contributed by atoms with E-state index in [9.17, 15) is 0 Å². The SMILES string of the molecule is C1=C(c2ccccc2)OC(c2ccccc2)=C[P+]1(c1ccccc1)c1ccccc1.[Br-]. The van der Waals surface area contributed by atoms with E-state index in [1.807, 2.05) is 12.1 Å². The van der Waals surface area contributed by atoms with Crippen LogP contribution >= 0.6 is 7.26 Å². The second-order valence-corrected chi connectivity index (χ2v) is 10.4. The van der Waals surface area contributed by atoms with Crippen LogP contribution in [0.3, 0.4) is 0 Å². The third-order valence-electron chi connectivity index (χ3n) is 5.35. The first-order chi connectivity index (χ1) is 14.9. The molecule has 5 rings (SSSR count). The summed E-state index contributed by atoms with van der Waals surface area (Å²) in [5.74, 6) is 6.55.